The van der Waals surface area contributed by atoms with Gasteiger partial charge in [0.25, 0.3) is 5.91 Å². The average Bonchev–Trinajstić information content (AvgIpc) is 2.53. The fourth-order valence-electron chi connectivity index (χ4n) is 1.78. The van der Waals surface area contributed by atoms with Crippen LogP contribution in [-0.2, 0) is 6.54 Å². The molecule has 0 unspecified atom stereocenters. The minimum Gasteiger partial charge on any atom is -0.479 e. The third kappa shape index (κ3) is 4.43. The number of halogens is 2. The van der Waals surface area contributed by atoms with Crippen molar-refractivity contribution in [2.45, 2.75) is 6.54 Å². The predicted octanol–water partition coefficient (Wildman–Crippen LogP) is 3.26. The Hall–Kier alpha value is -2.14. The number of nitriles is 1. The first-order valence-electron chi connectivity index (χ1n) is 6.42. The first-order valence-corrected chi connectivity index (χ1v) is 7.50. The summed E-state index contributed by atoms with van der Waals surface area (Å²) in [5.74, 6) is -0.201. The summed E-state index contributed by atoms with van der Waals surface area (Å²) in [5.41, 5.74) is 1.10. The second kappa shape index (κ2) is 7.75. The molecule has 112 valence electrons. The Morgan fingerprint density at radius 2 is 2.14 bits per heavy atom. The smallest absolute Gasteiger partial charge is 0.251 e. The fraction of sp³-hybridized carbons (Fsp3) is 0.125. The average molecular weight is 410 g/mol. The lowest BCUT2D eigenvalue weighted by Gasteiger charge is -2.08. The summed E-state index contributed by atoms with van der Waals surface area (Å²) in [6.45, 7) is 0.258. The standard InChI is InChI=1S/C16H12FIN2O2/c17-14-9-12(4-5-15(14)18)16(21)20-10-11-2-1-3-13(8-11)22-7-6-19/h1-5,8-9H,7,10H2,(H,20,21). The topological polar surface area (TPSA) is 62.1 Å². The third-order valence-corrected chi connectivity index (χ3v) is 3.71. The summed E-state index contributed by atoms with van der Waals surface area (Å²) in [4.78, 5) is 12.0. The highest BCUT2D eigenvalue weighted by atomic mass is 127. The number of rotatable bonds is 5. The van der Waals surface area contributed by atoms with Crippen molar-refractivity contribution in [3.8, 4) is 11.8 Å². The number of benzene rings is 2. The molecule has 22 heavy (non-hydrogen) atoms. The van der Waals surface area contributed by atoms with Gasteiger partial charge in [-0.1, -0.05) is 12.1 Å². The molecule has 0 saturated carbocycles. The minimum atomic E-state index is -0.417. The van der Waals surface area contributed by atoms with Gasteiger partial charge in [0.1, 0.15) is 17.6 Å². The highest BCUT2D eigenvalue weighted by molar-refractivity contribution is 14.1. The summed E-state index contributed by atoms with van der Waals surface area (Å²) in [5, 5.41) is 11.2. The molecule has 0 saturated heterocycles. The van der Waals surface area contributed by atoms with Crippen molar-refractivity contribution in [3.05, 3.63) is 63.0 Å². The van der Waals surface area contributed by atoms with Gasteiger partial charge in [0.05, 0.1) is 0 Å². The normalized spacial score (nSPS) is 9.86. The van der Waals surface area contributed by atoms with Crippen molar-refractivity contribution in [3.63, 3.8) is 0 Å². The number of nitrogens with zero attached hydrogens (tertiary/aromatic N) is 1. The number of carbonyl (C=O) groups is 1. The molecule has 4 nitrogen and oxygen atoms in total. The Balaban J connectivity index is 1.98. The second-order valence-electron chi connectivity index (χ2n) is 4.41. The van der Waals surface area contributed by atoms with Gasteiger partial charge in [0.15, 0.2) is 6.61 Å². The zero-order valence-corrected chi connectivity index (χ0v) is 13.6. The van der Waals surface area contributed by atoms with Crippen molar-refractivity contribution in [1.82, 2.24) is 5.32 Å². The molecule has 0 bridgehead atoms. The molecule has 0 spiro atoms. The summed E-state index contributed by atoms with van der Waals surface area (Å²) < 4.78 is 19.1. The first-order chi connectivity index (χ1) is 10.6. The maximum absolute atomic E-state index is 13.4. The Bertz CT molecular complexity index is 728. The van der Waals surface area contributed by atoms with Crippen LogP contribution in [0.1, 0.15) is 15.9 Å². The number of hydrogen-bond acceptors (Lipinski definition) is 3. The molecule has 0 aliphatic carbocycles. The zero-order chi connectivity index (χ0) is 15.9. The van der Waals surface area contributed by atoms with E-state index in [4.69, 9.17) is 10.00 Å². The van der Waals surface area contributed by atoms with E-state index in [1.807, 2.05) is 34.7 Å². The van der Waals surface area contributed by atoms with Crippen LogP contribution in [0.5, 0.6) is 5.75 Å². The molecule has 1 N–H and O–H groups in total. The molecule has 0 aliphatic rings. The molecular formula is C16H12FIN2O2. The maximum Gasteiger partial charge on any atom is 0.251 e. The van der Waals surface area contributed by atoms with Gasteiger partial charge < -0.3 is 10.1 Å². The first kappa shape index (κ1) is 16.2. The predicted molar refractivity (Wildman–Crippen MR) is 87.8 cm³/mol. The van der Waals surface area contributed by atoms with E-state index in [-0.39, 0.29) is 24.6 Å². The molecule has 2 aromatic rings. The molecular weight excluding hydrogens is 398 g/mol. The van der Waals surface area contributed by atoms with Crippen LogP contribution in [0.15, 0.2) is 42.5 Å². The number of nitrogens with one attached hydrogen (secondary N) is 1. The monoisotopic (exact) mass is 410 g/mol. The second-order valence-corrected chi connectivity index (χ2v) is 5.57. The molecule has 0 atom stereocenters. The molecule has 2 rings (SSSR count). The van der Waals surface area contributed by atoms with Crippen molar-refractivity contribution in [1.29, 1.82) is 5.26 Å². The fourth-order valence-corrected chi connectivity index (χ4v) is 2.12. The van der Waals surface area contributed by atoms with Gasteiger partial charge in [-0.3, -0.25) is 4.79 Å². The maximum atomic E-state index is 13.4. The SMILES string of the molecule is N#CCOc1cccc(CNC(=O)c2ccc(I)c(F)c2)c1. The van der Waals surface area contributed by atoms with Crippen molar-refractivity contribution in [2.24, 2.45) is 0 Å². The van der Waals surface area contributed by atoms with Gasteiger partial charge in [0.2, 0.25) is 0 Å². The Kier molecular flexibility index (Phi) is 5.72. The van der Waals surface area contributed by atoms with E-state index < -0.39 is 5.82 Å². The highest BCUT2D eigenvalue weighted by Gasteiger charge is 2.08. The van der Waals surface area contributed by atoms with E-state index >= 15 is 0 Å². The van der Waals surface area contributed by atoms with E-state index in [0.29, 0.717) is 9.32 Å². The van der Waals surface area contributed by atoms with E-state index in [0.717, 1.165) is 5.56 Å². The van der Waals surface area contributed by atoms with Crippen LogP contribution in [0.4, 0.5) is 4.39 Å². The number of amides is 1. The van der Waals surface area contributed by atoms with Gasteiger partial charge in [0, 0.05) is 15.7 Å². The van der Waals surface area contributed by atoms with E-state index in [1.54, 1.807) is 30.3 Å². The molecule has 2 aromatic carbocycles. The summed E-state index contributed by atoms with van der Waals surface area (Å²) in [6, 6.07) is 13.3. The van der Waals surface area contributed by atoms with Crippen LogP contribution in [0.25, 0.3) is 0 Å². The molecule has 0 radical (unpaired) electrons. The van der Waals surface area contributed by atoms with Crippen LogP contribution in [0.3, 0.4) is 0 Å². The van der Waals surface area contributed by atoms with Gasteiger partial charge in [-0.2, -0.15) is 5.26 Å². The van der Waals surface area contributed by atoms with Crippen molar-refractivity contribution in [2.75, 3.05) is 6.61 Å². The Morgan fingerprint density at radius 1 is 1.32 bits per heavy atom. The van der Waals surface area contributed by atoms with Crippen LogP contribution < -0.4 is 10.1 Å². The molecule has 0 aromatic heterocycles. The molecule has 6 heteroatoms. The lowest BCUT2D eigenvalue weighted by molar-refractivity contribution is 0.0950. The van der Waals surface area contributed by atoms with Crippen molar-refractivity contribution < 1.29 is 13.9 Å². The van der Waals surface area contributed by atoms with E-state index in [1.165, 1.54) is 6.07 Å². The van der Waals surface area contributed by atoms with Crippen molar-refractivity contribution >= 4 is 28.5 Å². The van der Waals surface area contributed by atoms with E-state index in [2.05, 4.69) is 5.32 Å². The summed E-state index contributed by atoms with van der Waals surface area (Å²) in [6.07, 6.45) is 0. The minimum absolute atomic E-state index is 0.0300. The van der Waals surface area contributed by atoms with Crippen LogP contribution in [0, 0.1) is 20.7 Å². The quantitative estimate of drug-likeness (QED) is 0.770. The van der Waals surface area contributed by atoms with Crippen LogP contribution >= 0.6 is 22.6 Å². The number of ether oxygens (including phenoxy) is 1. The van der Waals surface area contributed by atoms with Gasteiger partial charge in [-0.25, -0.2) is 4.39 Å². The van der Waals surface area contributed by atoms with E-state index in [9.17, 15) is 9.18 Å². The molecule has 1 amide bonds. The Labute approximate surface area is 141 Å². The number of hydrogen-bond donors (Lipinski definition) is 1. The largest absolute Gasteiger partial charge is 0.479 e. The summed E-state index contributed by atoms with van der Waals surface area (Å²) in [7, 11) is 0. The summed E-state index contributed by atoms with van der Waals surface area (Å²) >= 11 is 1.87. The van der Waals surface area contributed by atoms with Gasteiger partial charge in [-0.15, -0.1) is 0 Å². The third-order valence-electron chi connectivity index (χ3n) is 2.84. The lowest BCUT2D eigenvalue weighted by atomic mass is 10.2. The van der Waals surface area contributed by atoms with Gasteiger partial charge >= 0.3 is 0 Å². The zero-order valence-electron chi connectivity index (χ0n) is 11.5. The lowest BCUT2D eigenvalue weighted by Crippen LogP contribution is -2.23. The van der Waals surface area contributed by atoms with Crippen LogP contribution in [0.2, 0.25) is 0 Å². The molecule has 0 fully saturated rings. The Morgan fingerprint density at radius 3 is 2.86 bits per heavy atom. The highest BCUT2D eigenvalue weighted by Crippen LogP contribution is 2.14. The molecule has 0 aliphatic heterocycles. The van der Waals surface area contributed by atoms with Gasteiger partial charge in [-0.05, 0) is 58.5 Å². The van der Waals surface area contributed by atoms with Crippen LogP contribution in [-0.4, -0.2) is 12.5 Å². The number of carbonyl (C=O) groups excluding carboxylic acids is 1. The molecule has 0 heterocycles.